The van der Waals surface area contributed by atoms with E-state index in [1.54, 1.807) is 0 Å². The van der Waals surface area contributed by atoms with Crippen LogP contribution < -0.4 is 0 Å². The first kappa shape index (κ1) is 15.3. The Labute approximate surface area is 127 Å². The zero-order valence-electron chi connectivity index (χ0n) is 12.8. The summed E-state index contributed by atoms with van der Waals surface area (Å²) < 4.78 is 11.1. The van der Waals surface area contributed by atoms with Crippen LogP contribution in [0.2, 0.25) is 0 Å². The van der Waals surface area contributed by atoms with Gasteiger partial charge < -0.3 is 4.52 Å². The quantitative estimate of drug-likeness (QED) is 0.587. The van der Waals surface area contributed by atoms with Crippen molar-refractivity contribution in [2.75, 3.05) is 26.2 Å². The van der Waals surface area contributed by atoms with Crippen molar-refractivity contribution in [1.82, 2.24) is 14.4 Å². The number of rotatable bonds is 4. The molecule has 0 aliphatic carbocycles. The van der Waals surface area contributed by atoms with Crippen LogP contribution in [0.3, 0.4) is 0 Å². The summed E-state index contributed by atoms with van der Waals surface area (Å²) in [5.41, 5.74) is -0.769. The molecule has 0 spiro atoms. The molecule has 3 rings (SSSR count). The van der Waals surface area contributed by atoms with Gasteiger partial charge in [-0.15, -0.1) is 10.3 Å². The zero-order chi connectivity index (χ0) is 14.8. The highest BCUT2D eigenvalue weighted by Crippen LogP contribution is 2.63. The van der Waals surface area contributed by atoms with Crippen molar-refractivity contribution in [3.05, 3.63) is 0 Å². The summed E-state index contributed by atoms with van der Waals surface area (Å²) in [5, 5.41) is 13.6. The Hall–Kier alpha value is 0.450. The molecule has 0 amide bonds. The third kappa shape index (κ3) is 2.72. The van der Waals surface area contributed by atoms with E-state index >= 15 is 0 Å². The summed E-state index contributed by atoms with van der Waals surface area (Å²) >= 11 is 5.88. The Morgan fingerprint density at radius 3 is 1.75 bits per heavy atom. The highest BCUT2D eigenvalue weighted by Gasteiger charge is 2.51. The van der Waals surface area contributed by atoms with Gasteiger partial charge in [0.2, 0.25) is 6.57 Å². The fraction of sp³-hybridized carbons (Fsp3) is 1.00. The van der Waals surface area contributed by atoms with E-state index in [1.165, 1.54) is 5.06 Å². The maximum atomic E-state index is 12.4. The largest absolute Gasteiger partial charge is 0.323 e. The van der Waals surface area contributed by atoms with Crippen LogP contribution in [0.4, 0.5) is 0 Å². The van der Waals surface area contributed by atoms with E-state index < -0.39 is 6.57 Å². The second kappa shape index (κ2) is 4.72. The molecule has 0 N–H and O–H groups in total. The normalized spacial score (nSPS) is 31.4. The van der Waals surface area contributed by atoms with Crippen molar-refractivity contribution in [1.29, 1.82) is 0 Å². The summed E-state index contributed by atoms with van der Waals surface area (Å²) in [7, 11) is 0. The zero-order valence-corrected chi connectivity index (χ0v) is 14.5. The van der Waals surface area contributed by atoms with Gasteiger partial charge in [0, 0.05) is 37.3 Å². The van der Waals surface area contributed by atoms with Crippen LogP contribution in [-0.2, 0) is 21.5 Å². The number of hydrogen-bond acceptors (Lipinski definition) is 3. The minimum absolute atomic E-state index is 0.0947. The molecule has 3 fully saturated rings. The minimum Gasteiger partial charge on any atom is -0.323 e. The van der Waals surface area contributed by atoms with E-state index in [-0.39, 0.29) is 17.2 Å². The lowest BCUT2D eigenvalue weighted by Gasteiger charge is -2.50. The van der Waals surface area contributed by atoms with Gasteiger partial charge >= 0.3 is 0 Å². The van der Waals surface area contributed by atoms with Gasteiger partial charge in [0.1, 0.15) is 0 Å². The standard InChI is InChI=1S/C13H25N3O2PS/c1-12(2)9-11(10-13(3,4)16(12)17)18-19(20,14-5-6-14)15-7-8-15/h11H,5-10H2,1-4H3. The molecule has 3 saturated heterocycles. The topological polar surface area (TPSA) is 38.4 Å². The van der Waals surface area contributed by atoms with Crippen molar-refractivity contribution in [2.45, 2.75) is 57.7 Å². The predicted molar refractivity (Wildman–Crippen MR) is 82.2 cm³/mol. The van der Waals surface area contributed by atoms with Gasteiger partial charge in [0.15, 0.2) is 0 Å². The molecule has 3 aliphatic heterocycles. The van der Waals surface area contributed by atoms with Crippen LogP contribution in [0.5, 0.6) is 0 Å². The second-order valence-corrected chi connectivity index (χ2v) is 11.2. The average molecular weight is 318 g/mol. The monoisotopic (exact) mass is 318 g/mol. The van der Waals surface area contributed by atoms with Crippen LogP contribution in [0, 0.1) is 0 Å². The van der Waals surface area contributed by atoms with E-state index in [0.29, 0.717) is 0 Å². The molecule has 5 nitrogen and oxygen atoms in total. The molecule has 0 bridgehead atoms. The summed E-state index contributed by atoms with van der Waals surface area (Å²) in [6.07, 6.45) is 1.62. The maximum absolute atomic E-state index is 12.4. The summed E-state index contributed by atoms with van der Waals surface area (Å²) in [6.45, 7) is 10.4. The average Bonchev–Trinajstić information content (AvgIpc) is 3.15. The van der Waals surface area contributed by atoms with E-state index in [1.807, 2.05) is 27.7 Å². The first-order valence-corrected chi connectivity index (χ1v) is 10.0. The molecule has 20 heavy (non-hydrogen) atoms. The minimum atomic E-state index is -1.96. The highest BCUT2D eigenvalue weighted by molar-refractivity contribution is 8.10. The van der Waals surface area contributed by atoms with Crippen molar-refractivity contribution < 1.29 is 9.73 Å². The summed E-state index contributed by atoms with van der Waals surface area (Å²) in [6, 6.07) is 0. The maximum Gasteiger partial charge on any atom is 0.203 e. The molecule has 0 atom stereocenters. The van der Waals surface area contributed by atoms with Gasteiger partial charge in [0.05, 0.1) is 6.10 Å². The van der Waals surface area contributed by atoms with Gasteiger partial charge in [-0.2, -0.15) is 0 Å². The van der Waals surface area contributed by atoms with E-state index in [4.69, 9.17) is 16.3 Å². The van der Waals surface area contributed by atoms with Crippen molar-refractivity contribution >= 4 is 18.4 Å². The Balaban J connectivity index is 1.75. The molecular weight excluding hydrogens is 293 g/mol. The van der Waals surface area contributed by atoms with Gasteiger partial charge in [-0.05, 0) is 52.3 Å². The smallest absolute Gasteiger partial charge is 0.203 e. The third-order valence-corrected chi connectivity index (χ3v) is 8.85. The van der Waals surface area contributed by atoms with Crippen molar-refractivity contribution in [2.24, 2.45) is 0 Å². The van der Waals surface area contributed by atoms with E-state index in [9.17, 15) is 5.21 Å². The lowest BCUT2D eigenvalue weighted by atomic mass is 9.80. The summed E-state index contributed by atoms with van der Waals surface area (Å²) in [4.78, 5) is 0. The van der Waals surface area contributed by atoms with Crippen LogP contribution >= 0.6 is 6.57 Å². The van der Waals surface area contributed by atoms with Crippen LogP contribution in [0.1, 0.15) is 40.5 Å². The Bertz CT molecular complexity index is 415. The molecule has 3 aliphatic rings. The van der Waals surface area contributed by atoms with Gasteiger partial charge in [-0.3, -0.25) is 0 Å². The number of hydroxylamine groups is 2. The fourth-order valence-electron chi connectivity index (χ4n) is 3.35. The molecule has 0 unspecified atom stereocenters. The number of piperidine rings is 1. The van der Waals surface area contributed by atoms with Crippen molar-refractivity contribution in [3.63, 3.8) is 0 Å². The van der Waals surface area contributed by atoms with Gasteiger partial charge in [-0.1, -0.05) is 0 Å². The molecular formula is C13H25N3O2PS. The van der Waals surface area contributed by atoms with Gasteiger partial charge in [0.25, 0.3) is 0 Å². The van der Waals surface area contributed by atoms with E-state index in [0.717, 1.165) is 39.0 Å². The van der Waals surface area contributed by atoms with Crippen LogP contribution in [0.15, 0.2) is 0 Å². The number of hydrogen-bond donors (Lipinski definition) is 0. The lowest BCUT2D eigenvalue weighted by molar-refractivity contribution is -0.296. The highest BCUT2D eigenvalue weighted by atomic mass is 32.5. The molecule has 115 valence electrons. The molecule has 1 radical (unpaired) electrons. The van der Waals surface area contributed by atoms with Crippen molar-refractivity contribution in [3.8, 4) is 0 Å². The molecule has 0 saturated carbocycles. The Kier molecular flexibility index (Phi) is 3.62. The second-order valence-electron chi connectivity index (χ2n) is 7.45. The molecule has 3 heterocycles. The molecule has 0 aromatic carbocycles. The Morgan fingerprint density at radius 1 is 1.00 bits per heavy atom. The molecule has 7 heteroatoms. The first-order valence-electron chi connectivity index (χ1n) is 7.42. The van der Waals surface area contributed by atoms with Crippen LogP contribution in [-0.4, -0.2) is 57.8 Å². The third-order valence-electron chi connectivity index (χ3n) is 4.40. The van der Waals surface area contributed by atoms with E-state index in [2.05, 4.69) is 9.34 Å². The lowest BCUT2D eigenvalue weighted by Crippen LogP contribution is -2.59. The fourth-order valence-corrected chi connectivity index (χ4v) is 7.04. The van der Waals surface area contributed by atoms with Gasteiger partial charge in [-0.25, -0.2) is 9.34 Å². The predicted octanol–water partition coefficient (Wildman–Crippen LogP) is 2.23. The van der Waals surface area contributed by atoms with Crippen LogP contribution in [0.25, 0.3) is 0 Å². The SMILES string of the molecule is CC1(C)CC(OP(=S)(N2CC2)N2CC2)CC(C)(C)N1[O]. The molecule has 0 aromatic rings. The molecule has 0 aromatic heterocycles. The number of nitrogens with zero attached hydrogens (tertiary/aromatic N) is 3. The Morgan fingerprint density at radius 2 is 1.40 bits per heavy atom. The first-order chi connectivity index (χ1) is 9.15. The summed E-state index contributed by atoms with van der Waals surface area (Å²) in [5.74, 6) is 0.